The average Bonchev–Trinajstić information content (AvgIpc) is 3.34. The molecule has 2 aliphatic heterocycles. The first-order valence-corrected chi connectivity index (χ1v) is 20.9. The lowest BCUT2D eigenvalue weighted by molar-refractivity contribution is 0.170. The fourth-order valence-electron chi connectivity index (χ4n) is 7.31. The first-order valence-electron chi connectivity index (χ1n) is 16.5. The van der Waals surface area contributed by atoms with Crippen LogP contribution in [-0.4, -0.2) is 62.7 Å². The van der Waals surface area contributed by atoms with Gasteiger partial charge in [0.15, 0.2) is 9.84 Å². The van der Waals surface area contributed by atoms with E-state index in [0.29, 0.717) is 29.6 Å². The summed E-state index contributed by atoms with van der Waals surface area (Å²) in [5, 5.41) is 22.5. The fourth-order valence-corrected chi connectivity index (χ4v) is 14.3. The number of allylic oxidation sites excluding steroid dienone is 1. The molecule has 0 amide bonds. The van der Waals surface area contributed by atoms with Crippen LogP contribution in [0.3, 0.4) is 0 Å². The lowest BCUT2D eigenvalue weighted by Gasteiger charge is -2.43. The number of sulfone groups is 1. The fraction of sp³-hybridized carbons (Fsp3) is 0.289. The van der Waals surface area contributed by atoms with E-state index in [-0.39, 0.29) is 29.5 Å². The topological polar surface area (TPSA) is 106 Å². The Kier molecular flexibility index (Phi) is 10.5. The number of hydrogen-bond acceptors (Lipinski definition) is 7. The lowest BCUT2D eigenvalue weighted by Crippen LogP contribution is -2.66. The minimum atomic E-state index is -3.59. The molecule has 0 saturated carbocycles. The largest absolute Gasteiger partial charge is 0.507 e. The van der Waals surface area contributed by atoms with E-state index in [0.717, 1.165) is 26.1 Å². The van der Waals surface area contributed by atoms with Crippen molar-refractivity contribution in [2.45, 2.75) is 56.3 Å². The van der Waals surface area contributed by atoms with Crippen molar-refractivity contribution in [1.29, 1.82) is 0 Å². The van der Waals surface area contributed by atoms with E-state index in [1.807, 2.05) is 66.7 Å². The molecule has 4 aromatic rings. The molecule has 2 N–H and O–H groups in total. The highest BCUT2D eigenvalue weighted by atomic mass is 79.9. The van der Waals surface area contributed by atoms with E-state index in [9.17, 15) is 18.5 Å². The number of hydrogen-bond donors (Lipinski definition) is 2. The van der Waals surface area contributed by atoms with Gasteiger partial charge in [-0.2, -0.15) is 0 Å². The average molecular weight is 759 g/mol. The summed E-state index contributed by atoms with van der Waals surface area (Å²) in [6.07, 6.45) is 3.81. The SMILES string of the molecule is CC(C)(C)[Si](OCC1=C2[C@@H](CC/C(=C/c3cc(Br)ccc3O)c3ccccn3)OB(O)C[C@@H]2S(=O)(=O)C1)(c1ccccc1)c1ccccc1. The van der Waals surface area contributed by atoms with Gasteiger partial charge in [-0.3, -0.25) is 4.98 Å². The quantitative estimate of drug-likeness (QED) is 0.142. The Morgan fingerprint density at radius 3 is 2.29 bits per heavy atom. The Bertz CT molecular complexity index is 1910. The van der Waals surface area contributed by atoms with Gasteiger partial charge in [0.1, 0.15) is 5.75 Å². The van der Waals surface area contributed by atoms with Gasteiger partial charge in [0.2, 0.25) is 0 Å². The molecule has 3 heterocycles. The molecule has 0 aliphatic carbocycles. The minimum Gasteiger partial charge on any atom is -0.507 e. The zero-order valence-electron chi connectivity index (χ0n) is 27.9. The highest BCUT2D eigenvalue weighted by Crippen LogP contribution is 2.42. The van der Waals surface area contributed by atoms with E-state index >= 15 is 0 Å². The number of benzene rings is 3. The number of phenolic OH excluding ortho intramolecular Hbond substituents is 1. The number of phenols is 1. The van der Waals surface area contributed by atoms with Crippen molar-refractivity contribution < 1.29 is 27.6 Å². The van der Waals surface area contributed by atoms with E-state index < -0.39 is 36.6 Å². The van der Waals surface area contributed by atoms with Crippen LogP contribution in [0.2, 0.25) is 11.4 Å². The molecule has 49 heavy (non-hydrogen) atoms. The van der Waals surface area contributed by atoms with Gasteiger partial charge in [-0.25, -0.2) is 8.42 Å². The van der Waals surface area contributed by atoms with Crippen LogP contribution in [-0.2, 0) is 18.9 Å². The molecule has 1 saturated heterocycles. The maximum atomic E-state index is 13.7. The molecule has 0 spiro atoms. The molecule has 11 heteroatoms. The van der Waals surface area contributed by atoms with Crippen LogP contribution in [0, 0.1) is 0 Å². The Labute approximate surface area is 299 Å². The maximum Gasteiger partial charge on any atom is 0.456 e. The summed E-state index contributed by atoms with van der Waals surface area (Å²) in [5.41, 5.74) is 3.62. The van der Waals surface area contributed by atoms with E-state index in [2.05, 4.69) is 66.0 Å². The van der Waals surface area contributed by atoms with E-state index in [1.54, 1.807) is 18.3 Å². The van der Waals surface area contributed by atoms with Gasteiger partial charge in [-0.1, -0.05) is 103 Å². The number of nitrogens with zero attached hydrogens (tertiary/aromatic N) is 1. The molecule has 254 valence electrons. The summed E-state index contributed by atoms with van der Waals surface area (Å²) >= 11 is 3.49. The van der Waals surface area contributed by atoms with Crippen LogP contribution < -0.4 is 10.4 Å². The maximum absolute atomic E-state index is 13.7. The predicted octanol–water partition coefficient (Wildman–Crippen LogP) is 6.42. The number of aromatic hydroxyl groups is 1. The first-order chi connectivity index (χ1) is 23.4. The van der Waals surface area contributed by atoms with Gasteiger partial charge < -0.3 is 19.2 Å². The Morgan fingerprint density at radius 2 is 1.67 bits per heavy atom. The number of aromatic nitrogens is 1. The molecule has 2 atom stereocenters. The van der Waals surface area contributed by atoms with Crippen molar-refractivity contribution in [3.8, 4) is 5.75 Å². The first kappa shape index (κ1) is 35.5. The third-order valence-corrected chi connectivity index (χ3v) is 17.1. The third kappa shape index (κ3) is 7.43. The smallest absolute Gasteiger partial charge is 0.456 e. The Morgan fingerprint density at radius 1 is 1.02 bits per heavy atom. The summed E-state index contributed by atoms with van der Waals surface area (Å²) < 4.78 is 41.6. The van der Waals surface area contributed by atoms with Gasteiger partial charge in [-0.15, -0.1) is 0 Å². The summed E-state index contributed by atoms with van der Waals surface area (Å²) in [4.78, 5) is 4.57. The van der Waals surface area contributed by atoms with Crippen LogP contribution in [0.4, 0.5) is 0 Å². The monoisotopic (exact) mass is 757 g/mol. The van der Waals surface area contributed by atoms with E-state index in [4.69, 9.17) is 9.08 Å². The number of pyridine rings is 1. The lowest BCUT2D eigenvalue weighted by atomic mass is 9.74. The molecule has 0 radical (unpaired) electrons. The summed E-state index contributed by atoms with van der Waals surface area (Å²) in [6.45, 7) is 6.73. The number of rotatable bonds is 10. The van der Waals surface area contributed by atoms with Crippen LogP contribution in [0.5, 0.6) is 5.75 Å². The second-order valence-electron chi connectivity index (χ2n) is 13.7. The van der Waals surface area contributed by atoms with Crippen molar-refractivity contribution in [3.05, 3.63) is 130 Å². The summed E-state index contributed by atoms with van der Waals surface area (Å²) in [6, 6.07) is 31.5. The number of halogens is 1. The molecular formula is C38H41BBrNO6SSi. The molecule has 3 aromatic carbocycles. The van der Waals surface area contributed by atoms with Crippen molar-refractivity contribution in [2.75, 3.05) is 12.4 Å². The number of fused-ring (bicyclic) bond motifs is 1. The Hall–Kier alpha value is -3.32. The molecule has 1 fully saturated rings. The highest BCUT2D eigenvalue weighted by molar-refractivity contribution is 9.10. The van der Waals surface area contributed by atoms with Crippen molar-refractivity contribution in [2.24, 2.45) is 0 Å². The standard InChI is InChI=1S/C38H41BBrNO6SSi/c1-38(2,3)49(31-12-6-4-7-13-31,32-14-8-5-9-15-32)46-25-29-26-48(44,45)36-24-39(43)47-35(37(29)36)20-17-27(33-16-10-11-21-41-33)22-28-23-30(40)18-19-34(28)42/h4-16,18-19,21-23,35-36,42-43H,17,20,24-26H2,1-3H3/b27-22-/t35-,36+/m1/s1. The zero-order valence-corrected chi connectivity index (χ0v) is 31.3. The molecule has 6 rings (SSSR count). The summed E-state index contributed by atoms with van der Waals surface area (Å²) in [7, 11) is -7.75. The molecule has 2 aliphatic rings. The van der Waals surface area contributed by atoms with Gasteiger partial charge in [0.05, 0.1) is 29.4 Å². The van der Waals surface area contributed by atoms with E-state index in [1.165, 1.54) is 0 Å². The Balaban J connectivity index is 1.38. The second kappa shape index (κ2) is 14.5. The second-order valence-corrected chi connectivity index (χ2v) is 21.2. The molecular weight excluding hydrogens is 717 g/mol. The van der Waals surface area contributed by atoms with Crippen molar-refractivity contribution in [1.82, 2.24) is 4.98 Å². The molecule has 0 bridgehead atoms. The zero-order chi connectivity index (χ0) is 34.8. The normalized spacial score (nSPS) is 19.6. The molecule has 1 aromatic heterocycles. The van der Waals surface area contributed by atoms with Crippen LogP contribution in [0.25, 0.3) is 11.6 Å². The van der Waals surface area contributed by atoms with Crippen molar-refractivity contribution in [3.63, 3.8) is 0 Å². The van der Waals surface area contributed by atoms with Crippen LogP contribution in [0.15, 0.2) is 119 Å². The highest BCUT2D eigenvalue weighted by Gasteiger charge is 2.52. The molecule has 7 nitrogen and oxygen atoms in total. The minimum absolute atomic E-state index is 0.00820. The summed E-state index contributed by atoms with van der Waals surface area (Å²) in [5.74, 6) is 0.000465. The predicted molar refractivity (Wildman–Crippen MR) is 203 cm³/mol. The molecule has 0 unspecified atom stereocenters. The van der Waals surface area contributed by atoms with Crippen molar-refractivity contribution >= 4 is 63.2 Å². The van der Waals surface area contributed by atoms with Gasteiger partial charge >= 0.3 is 7.12 Å². The van der Waals surface area contributed by atoms with Gasteiger partial charge in [-0.05, 0) is 81.4 Å². The van der Waals surface area contributed by atoms with Crippen LogP contribution in [0.1, 0.15) is 44.9 Å². The van der Waals surface area contributed by atoms with Gasteiger partial charge in [0.25, 0.3) is 8.32 Å². The third-order valence-electron chi connectivity index (χ3n) is 9.52. The van der Waals surface area contributed by atoms with Crippen LogP contribution >= 0.6 is 15.9 Å². The van der Waals surface area contributed by atoms with Gasteiger partial charge in [0, 0.05) is 22.6 Å².